The minimum atomic E-state index is 0. The van der Waals surface area contributed by atoms with Crippen LogP contribution in [0.5, 0.6) is 0 Å². The maximum absolute atomic E-state index is 4.48. The van der Waals surface area contributed by atoms with E-state index in [1.54, 1.807) is 11.3 Å². The summed E-state index contributed by atoms with van der Waals surface area (Å²) in [5.74, 6) is 0.870. The first-order valence-electron chi connectivity index (χ1n) is 8.52. The topological polar surface area (TPSA) is 49.3 Å². The van der Waals surface area contributed by atoms with Gasteiger partial charge in [-0.2, -0.15) is 0 Å². The van der Waals surface area contributed by atoms with Crippen molar-refractivity contribution in [1.82, 2.24) is 15.6 Å². The number of hydrogen-bond donors (Lipinski definition) is 2. The van der Waals surface area contributed by atoms with Crippen molar-refractivity contribution in [3.8, 4) is 0 Å². The van der Waals surface area contributed by atoms with Gasteiger partial charge < -0.3 is 10.6 Å². The van der Waals surface area contributed by atoms with Crippen LogP contribution in [-0.2, 0) is 12.8 Å². The standard InChI is InChI=1S/C19H28N4S.HI/c1-14(10-11-17-8-6-5-7-9-17)22-19(20-4)21-13-12-18-15(2)23-16(3)24-18;/h5-9,14H,10-13H2,1-4H3,(H2,20,21,22);1H. The molecule has 138 valence electrons. The van der Waals surface area contributed by atoms with Gasteiger partial charge in [0.1, 0.15) is 0 Å². The van der Waals surface area contributed by atoms with Crippen molar-refractivity contribution in [2.24, 2.45) is 4.99 Å². The lowest BCUT2D eigenvalue weighted by molar-refractivity contribution is 0.593. The second kappa shape index (κ2) is 11.5. The van der Waals surface area contributed by atoms with Crippen LogP contribution in [0.15, 0.2) is 35.3 Å². The number of nitrogens with one attached hydrogen (secondary N) is 2. The van der Waals surface area contributed by atoms with Crippen LogP contribution >= 0.6 is 35.3 Å². The van der Waals surface area contributed by atoms with Gasteiger partial charge in [-0.25, -0.2) is 4.98 Å². The van der Waals surface area contributed by atoms with Crippen LogP contribution in [0.2, 0.25) is 0 Å². The first kappa shape index (κ1) is 21.9. The number of aliphatic imine (C=N–C) groups is 1. The average molecular weight is 472 g/mol. The zero-order valence-electron chi connectivity index (χ0n) is 15.5. The van der Waals surface area contributed by atoms with Crippen molar-refractivity contribution < 1.29 is 0 Å². The van der Waals surface area contributed by atoms with E-state index in [2.05, 4.69) is 71.7 Å². The summed E-state index contributed by atoms with van der Waals surface area (Å²) in [5, 5.41) is 8.01. The quantitative estimate of drug-likeness (QED) is 0.362. The van der Waals surface area contributed by atoms with Gasteiger partial charge in [0.2, 0.25) is 0 Å². The van der Waals surface area contributed by atoms with Crippen LogP contribution in [0.4, 0.5) is 0 Å². The molecular formula is C19H29IN4S. The molecule has 0 saturated carbocycles. The third kappa shape index (κ3) is 7.73. The Labute approximate surface area is 172 Å². The molecule has 2 rings (SSSR count). The Morgan fingerprint density at radius 1 is 1.20 bits per heavy atom. The number of benzene rings is 1. The molecule has 2 N–H and O–H groups in total. The molecule has 0 bridgehead atoms. The second-order valence-corrected chi connectivity index (χ2v) is 7.35. The second-order valence-electron chi connectivity index (χ2n) is 6.06. The first-order valence-corrected chi connectivity index (χ1v) is 9.34. The number of thiazole rings is 1. The molecule has 1 atom stereocenters. The van der Waals surface area contributed by atoms with Crippen molar-refractivity contribution in [2.75, 3.05) is 13.6 Å². The summed E-state index contributed by atoms with van der Waals surface area (Å²) in [6, 6.07) is 11.0. The fraction of sp³-hybridized carbons (Fsp3) is 0.474. The molecule has 25 heavy (non-hydrogen) atoms. The van der Waals surface area contributed by atoms with Gasteiger partial charge in [-0.1, -0.05) is 30.3 Å². The minimum absolute atomic E-state index is 0. The average Bonchev–Trinajstić information content (AvgIpc) is 2.90. The molecular weight excluding hydrogens is 443 g/mol. The van der Waals surface area contributed by atoms with E-state index >= 15 is 0 Å². The number of hydrogen-bond acceptors (Lipinski definition) is 3. The maximum Gasteiger partial charge on any atom is 0.191 e. The summed E-state index contributed by atoms with van der Waals surface area (Å²) in [7, 11) is 1.82. The van der Waals surface area contributed by atoms with Crippen molar-refractivity contribution >= 4 is 41.3 Å². The zero-order valence-corrected chi connectivity index (χ0v) is 18.7. The van der Waals surface area contributed by atoms with Crippen LogP contribution < -0.4 is 10.6 Å². The summed E-state index contributed by atoms with van der Waals surface area (Å²) >= 11 is 1.78. The number of aryl methyl sites for hydroxylation is 3. The Kier molecular flexibility index (Phi) is 10.0. The van der Waals surface area contributed by atoms with Crippen molar-refractivity contribution in [3.63, 3.8) is 0 Å². The van der Waals surface area contributed by atoms with Gasteiger partial charge in [0.25, 0.3) is 0 Å². The van der Waals surface area contributed by atoms with Gasteiger partial charge in [0.05, 0.1) is 10.7 Å². The molecule has 0 amide bonds. The summed E-state index contributed by atoms with van der Waals surface area (Å²) in [4.78, 5) is 10.2. The van der Waals surface area contributed by atoms with E-state index in [4.69, 9.17) is 0 Å². The van der Waals surface area contributed by atoms with Crippen molar-refractivity contribution in [1.29, 1.82) is 0 Å². The number of nitrogens with zero attached hydrogens (tertiary/aromatic N) is 2. The largest absolute Gasteiger partial charge is 0.356 e. The number of halogens is 1. The van der Waals surface area contributed by atoms with Gasteiger partial charge >= 0.3 is 0 Å². The predicted octanol–water partition coefficient (Wildman–Crippen LogP) is 4.11. The van der Waals surface area contributed by atoms with Gasteiger partial charge in [0, 0.05) is 30.9 Å². The first-order chi connectivity index (χ1) is 11.6. The summed E-state index contributed by atoms with van der Waals surface area (Å²) in [6.07, 6.45) is 3.14. The molecule has 1 aromatic heterocycles. The number of rotatable bonds is 7. The Bertz CT molecular complexity index is 655. The Morgan fingerprint density at radius 3 is 2.52 bits per heavy atom. The molecule has 0 aliphatic carbocycles. The molecule has 0 aliphatic heterocycles. The van der Waals surface area contributed by atoms with E-state index in [1.165, 1.54) is 10.4 Å². The van der Waals surface area contributed by atoms with Crippen LogP contribution in [0.25, 0.3) is 0 Å². The minimum Gasteiger partial charge on any atom is -0.356 e. The Hall–Kier alpha value is -1.15. The van der Waals surface area contributed by atoms with Crippen LogP contribution in [0.3, 0.4) is 0 Å². The molecule has 0 fully saturated rings. The SMILES string of the molecule is CN=C(NCCc1sc(C)nc1C)NC(C)CCc1ccccc1.I. The van der Waals surface area contributed by atoms with Gasteiger partial charge in [-0.15, -0.1) is 35.3 Å². The smallest absolute Gasteiger partial charge is 0.191 e. The van der Waals surface area contributed by atoms with Crippen molar-refractivity contribution in [3.05, 3.63) is 51.5 Å². The van der Waals surface area contributed by atoms with Crippen molar-refractivity contribution in [2.45, 2.75) is 46.1 Å². The fourth-order valence-electron chi connectivity index (χ4n) is 2.63. The predicted molar refractivity (Wildman–Crippen MR) is 119 cm³/mol. The third-order valence-corrected chi connectivity index (χ3v) is 5.09. The van der Waals surface area contributed by atoms with Gasteiger partial charge in [0.15, 0.2) is 5.96 Å². The van der Waals surface area contributed by atoms with Crippen LogP contribution in [0.1, 0.15) is 34.5 Å². The highest BCUT2D eigenvalue weighted by Crippen LogP contribution is 2.17. The van der Waals surface area contributed by atoms with E-state index in [0.29, 0.717) is 6.04 Å². The molecule has 1 aromatic carbocycles. The lowest BCUT2D eigenvalue weighted by atomic mass is 10.1. The molecule has 2 aromatic rings. The normalized spacial score (nSPS) is 12.4. The molecule has 6 heteroatoms. The number of aromatic nitrogens is 1. The highest BCUT2D eigenvalue weighted by Gasteiger charge is 2.07. The summed E-state index contributed by atoms with van der Waals surface area (Å²) in [5.41, 5.74) is 2.53. The molecule has 0 spiro atoms. The lowest BCUT2D eigenvalue weighted by Gasteiger charge is -2.18. The molecule has 1 heterocycles. The highest BCUT2D eigenvalue weighted by atomic mass is 127. The van der Waals surface area contributed by atoms with Gasteiger partial charge in [-0.05, 0) is 39.2 Å². The lowest BCUT2D eigenvalue weighted by Crippen LogP contribution is -2.43. The molecule has 1 unspecified atom stereocenters. The monoisotopic (exact) mass is 472 g/mol. The maximum atomic E-state index is 4.48. The molecule has 0 aliphatic rings. The fourth-order valence-corrected chi connectivity index (χ4v) is 3.56. The Balaban J connectivity index is 0.00000312. The van der Waals surface area contributed by atoms with Crippen LogP contribution in [0, 0.1) is 13.8 Å². The van der Waals surface area contributed by atoms with E-state index in [9.17, 15) is 0 Å². The molecule has 0 radical (unpaired) electrons. The van der Waals surface area contributed by atoms with E-state index in [1.807, 2.05) is 7.05 Å². The van der Waals surface area contributed by atoms with E-state index in [0.717, 1.165) is 42.5 Å². The molecule has 4 nitrogen and oxygen atoms in total. The highest BCUT2D eigenvalue weighted by molar-refractivity contribution is 14.0. The number of guanidine groups is 1. The van der Waals surface area contributed by atoms with E-state index < -0.39 is 0 Å². The zero-order chi connectivity index (χ0) is 17.4. The Morgan fingerprint density at radius 2 is 1.92 bits per heavy atom. The summed E-state index contributed by atoms with van der Waals surface area (Å²) < 4.78 is 0. The van der Waals surface area contributed by atoms with Gasteiger partial charge in [-0.3, -0.25) is 4.99 Å². The van der Waals surface area contributed by atoms with E-state index in [-0.39, 0.29) is 24.0 Å². The van der Waals surface area contributed by atoms with Crippen LogP contribution in [-0.4, -0.2) is 30.6 Å². The summed E-state index contributed by atoms with van der Waals surface area (Å²) in [6.45, 7) is 7.21. The third-order valence-electron chi connectivity index (χ3n) is 3.96. The molecule has 0 saturated heterocycles.